The standard InChI is InChI=1S/C26H20O4/c1-17(26(27)28)18-8-11-21(12-9-18)30-25-23(19-6-4-3-5-7-19)14-10-20-16-22(29-2)13-15-24(20)25/h3-16H,1H2,2H3,(H,27,28). The summed E-state index contributed by atoms with van der Waals surface area (Å²) < 4.78 is 11.7. The highest BCUT2D eigenvalue weighted by Crippen LogP contribution is 2.40. The minimum atomic E-state index is -1.04. The summed E-state index contributed by atoms with van der Waals surface area (Å²) in [7, 11) is 1.64. The fourth-order valence-electron chi connectivity index (χ4n) is 3.33. The largest absolute Gasteiger partial charge is 0.497 e. The number of methoxy groups -OCH3 is 1. The Morgan fingerprint density at radius 2 is 1.57 bits per heavy atom. The van der Waals surface area contributed by atoms with Gasteiger partial charge in [-0.25, -0.2) is 4.79 Å². The topological polar surface area (TPSA) is 55.8 Å². The van der Waals surface area contributed by atoms with E-state index in [-0.39, 0.29) is 5.57 Å². The smallest absolute Gasteiger partial charge is 0.335 e. The van der Waals surface area contributed by atoms with Gasteiger partial charge in [-0.2, -0.15) is 0 Å². The Kier molecular flexibility index (Phi) is 5.22. The second-order valence-electron chi connectivity index (χ2n) is 6.81. The number of ether oxygens (including phenoxy) is 2. The van der Waals surface area contributed by atoms with E-state index in [0.717, 1.165) is 33.4 Å². The molecule has 0 aliphatic heterocycles. The van der Waals surface area contributed by atoms with Crippen LogP contribution < -0.4 is 9.47 Å². The van der Waals surface area contributed by atoms with Crippen LogP contribution in [0.5, 0.6) is 17.2 Å². The third-order valence-corrected chi connectivity index (χ3v) is 4.94. The van der Waals surface area contributed by atoms with Gasteiger partial charge in [0, 0.05) is 10.9 Å². The summed E-state index contributed by atoms with van der Waals surface area (Å²) in [4.78, 5) is 11.1. The van der Waals surface area contributed by atoms with E-state index in [1.54, 1.807) is 31.4 Å². The van der Waals surface area contributed by atoms with Gasteiger partial charge in [0.25, 0.3) is 0 Å². The molecule has 0 aromatic heterocycles. The van der Waals surface area contributed by atoms with Crippen molar-refractivity contribution >= 4 is 22.3 Å². The Labute approximate surface area is 174 Å². The first-order valence-electron chi connectivity index (χ1n) is 9.43. The lowest BCUT2D eigenvalue weighted by Gasteiger charge is -2.15. The molecule has 0 heterocycles. The maximum Gasteiger partial charge on any atom is 0.335 e. The van der Waals surface area contributed by atoms with Crippen LogP contribution in [-0.2, 0) is 4.79 Å². The first kappa shape index (κ1) is 19.3. The molecule has 148 valence electrons. The van der Waals surface area contributed by atoms with Crippen molar-refractivity contribution in [2.24, 2.45) is 0 Å². The summed E-state index contributed by atoms with van der Waals surface area (Å²) in [5.41, 5.74) is 2.60. The van der Waals surface area contributed by atoms with Gasteiger partial charge in [-0.3, -0.25) is 0 Å². The molecule has 0 fully saturated rings. The van der Waals surface area contributed by atoms with Crippen molar-refractivity contribution in [1.29, 1.82) is 0 Å². The van der Waals surface area contributed by atoms with Crippen LogP contribution in [0.1, 0.15) is 5.56 Å². The third kappa shape index (κ3) is 3.76. The van der Waals surface area contributed by atoms with Crippen LogP contribution in [0.15, 0.2) is 91.5 Å². The molecule has 0 saturated carbocycles. The molecule has 1 N–H and O–H groups in total. The zero-order chi connectivity index (χ0) is 21.1. The fourth-order valence-corrected chi connectivity index (χ4v) is 3.33. The number of hydrogen-bond acceptors (Lipinski definition) is 3. The fraction of sp³-hybridized carbons (Fsp3) is 0.0385. The van der Waals surface area contributed by atoms with E-state index < -0.39 is 5.97 Å². The molecular weight excluding hydrogens is 376 g/mol. The lowest BCUT2D eigenvalue weighted by atomic mass is 9.99. The molecule has 4 rings (SSSR count). The van der Waals surface area contributed by atoms with Gasteiger partial charge in [-0.05, 0) is 52.9 Å². The average Bonchev–Trinajstić information content (AvgIpc) is 2.79. The van der Waals surface area contributed by atoms with Crippen molar-refractivity contribution in [3.05, 3.63) is 97.1 Å². The van der Waals surface area contributed by atoms with Crippen LogP contribution in [0.4, 0.5) is 0 Å². The van der Waals surface area contributed by atoms with Crippen LogP contribution in [0.2, 0.25) is 0 Å². The predicted octanol–water partition coefficient (Wildman–Crippen LogP) is 6.41. The van der Waals surface area contributed by atoms with Gasteiger partial charge in [0.05, 0.1) is 12.7 Å². The number of benzene rings is 4. The van der Waals surface area contributed by atoms with Crippen LogP contribution in [0.25, 0.3) is 27.5 Å². The van der Waals surface area contributed by atoms with E-state index in [1.165, 1.54) is 0 Å². The van der Waals surface area contributed by atoms with Crippen molar-refractivity contribution in [3.63, 3.8) is 0 Å². The molecule has 30 heavy (non-hydrogen) atoms. The quantitative estimate of drug-likeness (QED) is 0.383. The van der Waals surface area contributed by atoms with Gasteiger partial charge < -0.3 is 14.6 Å². The molecule has 0 spiro atoms. The first-order valence-corrected chi connectivity index (χ1v) is 9.43. The summed E-state index contributed by atoms with van der Waals surface area (Å²) in [5, 5.41) is 11.1. The van der Waals surface area contributed by atoms with Crippen molar-refractivity contribution in [3.8, 4) is 28.4 Å². The summed E-state index contributed by atoms with van der Waals surface area (Å²) in [6, 6.07) is 26.9. The molecule has 4 heteroatoms. The number of rotatable bonds is 6. The van der Waals surface area contributed by atoms with Crippen LogP contribution in [-0.4, -0.2) is 18.2 Å². The number of carboxylic acid groups (broad SMARTS) is 1. The van der Waals surface area contributed by atoms with Crippen molar-refractivity contribution < 1.29 is 19.4 Å². The van der Waals surface area contributed by atoms with E-state index in [4.69, 9.17) is 14.6 Å². The van der Waals surface area contributed by atoms with E-state index in [2.05, 4.69) is 6.58 Å². The molecule has 0 radical (unpaired) electrons. The van der Waals surface area contributed by atoms with Crippen LogP contribution in [0, 0.1) is 0 Å². The van der Waals surface area contributed by atoms with Gasteiger partial charge >= 0.3 is 5.97 Å². The molecule has 4 aromatic carbocycles. The van der Waals surface area contributed by atoms with E-state index in [9.17, 15) is 4.79 Å². The molecule has 4 nitrogen and oxygen atoms in total. The van der Waals surface area contributed by atoms with Crippen molar-refractivity contribution in [1.82, 2.24) is 0 Å². The molecule has 0 amide bonds. The minimum absolute atomic E-state index is 0.0452. The van der Waals surface area contributed by atoms with Gasteiger partial charge in [-0.1, -0.05) is 55.1 Å². The Morgan fingerprint density at radius 1 is 0.867 bits per heavy atom. The average molecular weight is 396 g/mol. The van der Waals surface area contributed by atoms with Crippen molar-refractivity contribution in [2.45, 2.75) is 0 Å². The normalized spacial score (nSPS) is 10.6. The highest BCUT2D eigenvalue weighted by atomic mass is 16.5. The molecule has 0 aliphatic rings. The lowest BCUT2D eigenvalue weighted by Crippen LogP contribution is -1.97. The molecule has 0 atom stereocenters. The Hall–Kier alpha value is -4.05. The van der Waals surface area contributed by atoms with Crippen LogP contribution in [0.3, 0.4) is 0 Å². The second-order valence-corrected chi connectivity index (χ2v) is 6.81. The summed E-state index contributed by atoms with van der Waals surface area (Å²) >= 11 is 0. The number of aliphatic carboxylic acids is 1. The molecule has 0 bridgehead atoms. The first-order chi connectivity index (χ1) is 14.6. The van der Waals surface area contributed by atoms with E-state index in [1.807, 2.05) is 60.7 Å². The highest BCUT2D eigenvalue weighted by molar-refractivity contribution is 6.14. The molecule has 4 aromatic rings. The van der Waals surface area contributed by atoms with Crippen LogP contribution >= 0.6 is 0 Å². The Morgan fingerprint density at radius 3 is 2.23 bits per heavy atom. The zero-order valence-corrected chi connectivity index (χ0v) is 16.5. The zero-order valence-electron chi connectivity index (χ0n) is 16.5. The number of fused-ring (bicyclic) bond motifs is 1. The Balaban J connectivity index is 1.81. The highest BCUT2D eigenvalue weighted by Gasteiger charge is 2.14. The number of hydrogen-bond donors (Lipinski definition) is 1. The summed E-state index contributed by atoms with van der Waals surface area (Å²) in [6.07, 6.45) is 0. The lowest BCUT2D eigenvalue weighted by molar-refractivity contribution is -0.130. The monoisotopic (exact) mass is 396 g/mol. The number of carbonyl (C=O) groups is 1. The molecular formula is C26H20O4. The van der Waals surface area contributed by atoms with E-state index in [0.29, 0.717) is 11.3 Å². The summed E-state index contributed by atoms with van der Waals surface area (Å²) in [5.74, 6) is 1.07. The second kappa shape index (κ2) is 8.13. The third-order valence-electron chi connectivity index (χ3n) is 4.94. The van der Waals surface area contributed by atoms with Gasteiger partial charge in [-0.15, -0.1) is 0 Å². The van der Waals surface area contributed by atoms with Gasteiger partial charge in [0.2, 0.25) is 0 Å². The maximum atomic E-state index is 11.1. The SMILES string of the molecule is C=C(C(=O)O)c1ccc(Oc2c(-c3ccccc3)ccc3cc(OC)ccc23)cc1. The van der Waals surface area contributed by atoms with Crippen molar-refractivity contribution in [2.75, 3.05) is 7.11 Å². The van der Waals surface area contributed by atoms with Gasteiger partial charge in [0.1, 0.15) is 17.2 Å². The van der Waals surface area contributed by atoms with E-state index >= 15 is 0 Å². The molecule has 0 aliphatic carbocycles. The summed E-state index contributed by atoms with van der Waals surface area (Å²) in [6.45, 7) is 3.60. The minimum Gasteiger partial charge on any atom is -0.497 e. The molecule has 0 unspecified atom stereocenters. The van der Waals surface area contributed by atoms with Gasteiger partial charge in [0.15, 0.2) is 0 Å². The molecule has 0 saturated heterocycles. The Bertz CT molecular complexity index is 1230. The number of carboxylic acids is 1. The predicted molar refractivity (Wildman–Crippen MR) is 119 cm³/mol. The maximum absolute atomic E-state index is 11.1.